The second kappa shape index (κ2) is 4.37. The summed E-state index contributed by atoms with van der Waals surface area (Å²) in [7, 11) is 0. The maximum atomic E-state index is 9.51. The summed E-state index contributed by atoms with van der Waals surface area (Å²) in [5.41, 5.74) is 4.55. The predicted molar refractivity (Wildman–Crippen MR) is 60.4 cm³/mol. The van der Waals surface area contributed by atoms with E-state index in [9.17, 15) is 5.11 Å². The number of piperazine rings is 1. The largest absolute Gasteiger partial charge is 0.375 e. The lowest BCUT2D eigenvalue weighted by molar-refractivity contribution is 0.00831. The summed E-state index contributed by atoms with van der Waals surface area (Å²) < 4.78 is 0. The van der Waals surface area contributed by atoms with E-state index < -0.39 is 5.72 Å². The molecule has 1 saturated carbocycles. The lowest BCUT2D eigenvalue weighted by Crippen LogP contribution is -2.54. The maximum Gasteiger partial charge on any atom is 0.123 e. The minimum atomic E-state index is -1.04. The van der Waals surface area contributed by atoms with Gasteiger partial charge in [-0.2, -0.15) is 0 Å². The van der Waals surface area contributed by atoms with Gasteiger partial charge in [-0.25, -0.2) is 0 Å². The molecule has 2 rings (SSSR count). The standard InChI is InChI=1S/C11H23N3O/c1-11(12,15)9-14-6-4-13(5-7-14)8-10-2-3-10/h10,15H,2-9,12H2,1H3. The fourth-order valence-corrected chi connectivity index (χ4v) is 2.25. The van der Waals surface area contributed by atoms with Crippen LogP contribution in [0, 0.1) is 5.92 Å². The zero-order valence-electron chi connectivity index (χ0n) is 9.65. The summed E-state index contributed by atoms with van der Waals surface area (Å²) in [6, 6.07) is 0. The Kier molecular flexibility index (Phi) is 3.30. The normalized spacial score (nSPS) is 29.0. The van der Waals surface area contributed by atoms with E-state index in [1.54, 1.807) is 6.92 Å². The van der Waals surface area contributed by atoms with Crippen LogP contribution in [0.25, 0.3) is 0 Å². The Morgan fingerprint density at radius 3 is 2.20 bits per heavy atom. The van der Waals surface area contributed by atoms with E-state index >= 15 is 0 Å². The number of nitrogens with two attached hydrogens (primary N) is 1. The first-order chi connectivity index (χ1) is 7.03. The van der Waals surface area contributed by atoms with E-state index in [0.717, 1.165) is 32.1 Å². The van der Waals surface area contributed by atoms with Crippen LogP contribution in [0.5, 0.6) is 0 Å². The third-order valence-corrected chi connectivity index (χ3v) is 3.22. The average Bonchev–Trinajstić information content (AvgIpc) is 2.90. The predicted octanol–water partition coefficient (Wildman–Crippen LogP) is -0.319. The molecule has 2 fully saturated rings. The molecule has 3 N–H and O–H groups in total. The third-order valence-electron chi connectivity index (χ3n) is 3.22. The molecule has 1 aliphatic heterocycles. The minimum Gasteiger partial charge on any atom is -0.375 e. The van der Waals surface area contributed by atoms with Crippen LogP contribution in [0.2, 0.25) is 0 Å². The van der Waals surface area contributed by atoms with Gasteiger partial charge in [-0.1, -0.05) is 0 Å². The van der Waals surface area contributed by atoms with Gasteiger partial charge in [-0.15, -0.1) is 0 Å². The highest BCUT2D eigenvalue weighted by Crippen LogP contribution is 2.29. The topological polar surface area (TPSA) is 52.7 Å². The van der Waals surface area contributed by atoms with Crippen LogP contribution in [0.15, 0.2) is 0 Å². The first-order valence-corrected chi connectivity index (χ1v) is 5.99. The summed E-state index contributed by atoms with van der Waals surface area (Å²) in [6.45, 7) is 7.89. The molecule has 1 unspecified atom stereocenters. The van der Waals surface area contributed by atoms with Crippen molar-refractivity contribution in [2.75, 3.05) is 39.3 Å². The Hall–Kier alpha value is -0.160. The maximum absolute atomic E-state index is 9.51. The van der Waals surface area contributed by atoms with Crippen molar-refractivity contribution < 1.29 is 5.11 Å². The van der Waals surface area contributed by atoms with Gasteiger partial charge in [-0.05, 0) is 25.7 Å². The molecule has 1 heterocycles. The van der Waals surface area contributed by atoms with Crippen molar-refractivity contribution >= 4 is 0 Å². The van der Waals surface area contributed by atoms with Crippen LogP contribution in [0.3, 0.4) is 0 Å². The van der Waals surface area contributed by atoms with Crippen LogP contribution < -0.4 is 5.73 Å². The van der Waals surface area contributed by atoms with E-state index in [1.807, 2.05) is 0 Å². The SMILES string of the molecule is CC(N)(O)CN1CCN(CC2CC2)CC1. The molecule has 2 aliphatic rings. The molecular formula is C11H23N3O. The van der Waals surface area contributed by atoms with Crippen molar-refractivity contribution in [2.45, 2.75) is 25.5 Å². The molecule has 0 bridgehead atoms. The fraction of sp³-hybridized carbons (Fsp3) is 1.00. The highest BCUT2D eigenvalue weighted by Gasteiger charge is 2.27. The third kappa shape index (κ3) is 4.07. The van der Waals surface area contributed by atoms with Crippen LogP contribution in [-0.2, 0) is 0 Å². The van der Waals surface area contributed by atoms with Gasteiger partial charge in [0.2, 0.25) is 0 Å². The molecule has 15 heavy (non-hydrogen) atoms. The van der Waals surface area contributed by atoms with Crippen molar-refractivity contribution in [2.24, 2.45) is 11.7 Å². The zero-order chi connectivity index (χ0) is 10.9. The van der Waals surface area contributed by atoms with Crippen LogP contribution in [-0.4, -0.2) is 59.9 Å². The van der Waals surface area contributed by atoms with Gasteiger partial charge in [0.1, 0.15) is 5.72 Å². The van der Waals surface area contributed by atoms with Gasteiger partial charge in [0.15, 0.2) is 0 Å². The highest BCUT2D eigenvalue weighted by atomic mass is 16.3. The highest BCUT2D eigenvalue weighted by molar-refractivity contribution is 4.82. The molecule has 1 saturated heterocycles. The Bertz CT molecular complexity index is 202. The van der Waals surface area contributed by atoms with E-state index in [0.29, 0.717) is 6.54 Å². The van der Waals surface area contributed by atoms with Gasteiger partial charge < -0.3 is 15.7 Å². The molecule has 0 spiro atoms. The van der Waals surface area contributed by atoms with E-state index in [4.69, 9.17) is 5.73 Å². The molecule has 4 nitrogen and oxygen atoms in total. The Balaban J connectivity index is 1.67. The van der Waals surface area contributed by atoms with Gasteiger partial charge in [0.05, 0.1) is 0 Å². The smallest absolute Gasteiger partial charge is 0.123 e. The fourth-order valence-electron chi connectivity index (χ4n) is 2.25. The molecule has 0 amide bonds. The van der Waals surface area contributed by atoms with Crippen molar-refractivity contribution in [3.63, 3.8) is 0 Å². The quantitative estimate of drug-likeness (QED) is 0.629. The number of hydrogen-bond acceptors (Lipinski definition) is 4. The lowest BCUT2D eigenvalue weighted by atomic mass is 10.2. The van der Waals surface area contributed by atoms with Gasteiger partial charge >= 0.3 is 0 Å². The molecule has 0 aromatic carbocycles. The second-order valence-electron chi connectivity index (χ2n) is 5.38. The van der Waals surface area contributed by atoms with Crippen LogP contribution >= 0.6 is 0 Å². The number of nitrogens with zero attached hydrogens (tertiary/aromatic N) is 2. The minimum absolute atomic E-state index is 0.588. The summed E-state index contributed by atoms with van der Waals surface area (Å²) in [5.74, 6) is 0.981. The molecule has 0 aromatic rings. The lowest BCUT2D eigenvalue weighted by Gasteiger charge is -2.37. The summed E-state index contributed by atoms with van der Waals surface area (Å²) in [4.78, 5) is 4.79. The van der Waals surface area contributed by atoms with Crippen molar-refractivity contribution in [3.8, 4) is 0 Å². The molecule has 1 aliphatic carbocycles. The van der Waals surface area contributed by atoms with Crippen molar-refractivity contribution in [1.82, 2.24) is 9.80 Å². The molecular weight excluding hydrogens is 190 g/mol. The number of β-amino-alcohol motifs (C(OH)–C–C–N with tert-alkyl or cyclic N) is 1. The molecule has 4 heteroatoms. The van der Waals surface area contributed by atoms with E-state index in [1.165, 1.54) is 19.4 Å². The number of rotatable bonds is 4. The summed E-state index contributed by atoms with van der Waals surface area (Å²) in [5, 5.41) is 9.51. The first kappa shape index (κ1) is 11.3. The van der Waals surface area contributed by atoms with Gasteiger partial charge in [0, 0.05) is 39.3 Å². The zero-order valence-corrected chi connectivity index (χ0v) is 9.65. The molecule has 0 radical (unpaired) electrons. The van der Waals surface area contributed by atoms with Crippen molar-refractivity contribution in [3.05, 3.63) is 0 Å². The van der Waals surface area contributed by atoms with Crippen LogP contribution in [0.4, 0.5) is 0 Å². The van der Waals surface area contributed by atoms with Gasteiger partial charge in [0.25, 0.3) is 0 Å². The molecule has 1 atom stereocenters. The van der Waals surface area contributed by atoms with Crippen LogP contribution in [0.1, 0.15) is 19.8 Å². The number of hydrogen-bond donors (Lipinski definition) is 2. The summed E-state index contributed by atoms with van der Waals surface area (Å²) in [6.07, 6.45) is 2.86. The summed E-state index contributed by atoms with van der Waals surface area (Å²) >= 11 is 0. The molecule has 0 aromatic heterocycles. The molecule has 88 valence electrons. The van der Waals surface area contributed by atoms with Crippen molar-refractivity contribution in [1.29, 1.82) is 0 Å². The monoisotopic (exact) mass is 213 g/mol. The van der Waals surface area contributed by atoms with Gasteiger partial charge in [-0.3, -0.25) is 4.90 Å². The van der Waals surface area contributed by atoms with E-state index in [-0.39, 0.29) is 0 Å². The first-order valence-electron chi connectivity index (χ1n) is 5.99. The number of aliphatic hydroxyl groups is 1. The Morgan fingerprint density at radius 1 is 1.20 bits per heavy atom. The average molecular weight is 213 g/mol. The Labute approximate surface area is 92.0 Å². The Morgan fingerprint density at radius 2 is 1.73 bits per heavy atom. The second-order valence-corrected chi connectivity index (χ2v) is 5.38. The van der Waals surface area contributed by atoms with E-state index in [2.05, 4.69) is 9.80 Å².